The van der Waals surface area contributed by atoms with Crippen molar-refractivity contribution in [1.29, 1.82) is 0 Å². The minimum absolute atomic E-state index is 0.792. The van der Waals surface area contributed by atoms with Crippen LogP contribution in [0.3, 0.4) is 0 Å². The molecule has 0 unspecified atom stereocenters. The maximum absolute atomic E-state index is 3.74. The summed E-state index contributed by atoms with van der Waals surface area (Å²) in [5.41, 5.74) is 3.21. The number of hydrogen-bond acceptors (Lipinski definition) is 2. The van der Waals surface area contributed by atoms with Crippen molar-refractivity contribution < 1.29 is 0 Å². The standard InChI is InChI=1S/C8H19N2/c1-4-7-10(8-5-2)9-6-3/h9H,3-8H2,1-2H3. The van der Waals surface area contributed by atoms with Gasteiger partial charge in [0.05, 0.1) is 0 Å². The van der Waals surface area contributed by atoms with E-state index in [2.05, 4.69) is 31.2 Å². The summed E-state index contributed by atoms with van der Waals surface area (Å²) in [5, 5.41) is 2.23. The van der Waals surface area contributed by atoms with E-state index in [4.69, 9.17) is 0 Å². The van der Waals surface area contributed by atoms with E-state index in [0.29, 0.717) is 0 Å². The van der Waals surface area contributed by atoms with Crippen LogP contribution in [0.4, 0.5) is 0 Å². The zero-order valence-electron chi connectivity index (χ0n) is 7.19. The molecule has 61 valence electrons. The fourth-order valence-corrected chi connectivity index (χ4v) is 0.968. The summed E-state index contributed by atoms with van der Waals surface area (Å²) in [7, 11) is 0. The second-order valence-electron chi connectivity index (χ2n) is 2.40. The Bertz CT molecular complexity index is 50.0. The van der Waals surface area contributed by atoms with Crippen LogP contribution in [0.15, 0.2) is 0 Å². The van der Waals surface area contributed by atoms with Crippen molar-refractivity contribution in [2.75, 3.05) is 19.6 Å². The Labute approximate surface area is 64.6 Å². The average molecular weight is 143 g/mol. The molecule has 0 aromatic rings. The van der Waals surface area contributed by atoms with E-state index in [0.717, 1.165) is 19.6 Å². The maximum Gasteiger partial charge on any atom is 0.0128 e. The van der Waals surface area contributed by atoms with E-state index in [1.54, 1.807) is 0 Å². The first kappa shape index (κ1) is 9.92. The molecule has 0 aliphatic rings. The van der Waals surface area contributed by atoms with Crippen LogP contribution in [0.5, 0.6) is 0 Å². The van der Waals surface area contributed by atoms with Gasteiger partial charge in [0.2, 0.25) is 0 Å². The van der Waals surface area contributed by atoms with Crippen molar-refractivity contribution in [3.05, 3.63) is 6.92 Å². The lowest BCUT2D eigenvalue weighted by Gasteiger charge is -2.20. The molecule has 0 atom stereocenters. The molecule has 1 radical (unpaired) electrons. The number of rotatable bonds is 6. The fraction of sp³-hybridized carbons (Fsp3) is 0.875. The van der Waals surface area contributed by atoms with E-state index in [-0.39, 0.29) is 0 Å². The van der Waals surface area contributed by atoms with Crippen LogP contribution in [0.25, 0.3) is 0 Å². The second-order valence-corrected chi connectivity index (χ2v) is 2.40. The van der Waals surface area contributed by atoms with Gasteiger partial charge in [0.1, 0.15) is 0 Å². The van der Waals surface area contributed by atoms with Crippen LogP contribution in [0.1, 0.15) is 26.7 Å². The summed E-state index contributed by atoms with van der Waals surface area (Å²) >= 11 is 0. The molecule has 0 spiro atoms. The van der Waals surface area contributed by atoms with Gasteiger partial charge in [0, 0.05) is 19.6 Å². The lowest BCUT2D eigenvalue weighted by molar-refractivity contribution is 0.197. The Balaban J connectivity index is 3.30. The summed E-state index contributed by atoms with van der Waals surface area (Å²) in [6, 6.07) is 0. The highest BCUT2D eigenvalue weighted by Crippen LogP contribution is 1.87. The summed E-state index contributed by atoms with van der Waals surface area (Å²) in [6.07, 6.45) is 2.40. The van der Waals surface area contributed by atoms with Crippen LogP contribution < -0.4 is 5.43 Å². The number of hydrazine groups is 1. The highest BCUT2D eigenvalue weighted by Gasteiger charge is 1.97. The molecule has 0 saturated carbocycles. The molecule has 0 bridgehead atoms. The first-order chi connectivity index (χ1) is 4.85. The van der Waals surface area contributed by atoms with Gasteiger partial charge in [-0.2, -0.15) is 0 Å². The van der Waals surface area contributed by atoms with Crippen molar-refractivity contribution >= 4 is 0 Å². The SMILES string of the molecule is [CH2]CNN(CCC)CCC. The normalized spacial score (nSPS) is 10.8. The van der Waals surface area contributed by atoms with Crippen LogP contribution in [0, 0.1) is 6.92 Å². The fourth-order valence-electron chi connectivity index (χ4n) is 0.968. The first-order valence-corrected chi connectivity index (χ1v) is 4.12. The lowest BCUT2D eigenvalue weighted by atomic mass is 10.4. The zero-order chi connectivity index (χ0) is 7.82. The maximum atomic E-state index is 3.74. The third kappa shape index (κ3) is 4.77. The highest BCUT2D eigenvalue weighted by molar-refractivity contribution is 4.50. The Morgan fingerprint density at radius 1 is 1.20 bits per heavy atom. The summed E-state index contributed by atoms with van der Waals surface area (Å²) in [4.78, 5) is 0. The Kier molecular flexibility index (Phi) is 6.98. The van der Waals surface area contributed by atoms with Gasteiger partial charge in [0.15, 0.2) is 0 Å². The van der Waals surface area contributed by atoms with Gasteiger partial charge < -0.3 is 0 Å². The first-order valence-electron chi connectivity index (χ1n) is 4.12. The highest BCUT2D eigenvalue weighted by atomic mass is 15.5. The van der Waals surface area contributed by atoms with Gasteiger partial charge in [-0.25, -0.2) is 5.01 Å². The molecule has 2 nitrogen and oxygen atoms in total. The monoisotopic (exact) mass is 143 g/mol. The molecule has 0 aliphatic carbocycles. The Hall–Kier alpha value is -0.0800. The Morgan fingerprint density at radius 3 is 2.00 bits per heavy atom. The van der Waals surface area contributed by atoms with Gasteiger partial charge in [0.25, 0.3) is 0 Å². The molecule has 0 aromatic heterocycles. The van der Waals surface area contributed by atoms with E-state index < -0.39 is 0 Å². The Morgan fingerprint density at radius 2 is 1.70 bits per heavy atom. The van der Waals surface area contributed by atoms with Gasteiger partial charge >= 0.3 is 0 Å². The molecular weight excluding hydrogens is 124 g/mol. The van der Waals surface area contributed by atoms with Gasteiger partial charge in [-0.05, 0) is 19.8 Å². The van der Waals surface area contributed by atoms with Gasteiger partial charge in [-0.15, -0.1) is 0 Å². The molecule has 0 fully saturated rings. The van der Waals surface area contributed by atoms with E-state index in [9.17, 15) is 0 Å². The lowest BCUT2D eigenvalue weighted by Crippen LogP contribution is -2.38. The minimum Gasteiger partial charge on any atom is -0.255 e. The molecule has 0 heterocycles. The minimum atomic E-state index is 0.792. The van der Waals surface area contributed by atoms with Crippen LogP contribution in [-0.2, 0) is 0 Å². The quantitative estimate of drug-likeness (QED) is 0.566. The number of nitrogens with zero attached hydrogens (tertiary/aromatic N) is 1. The predicted molar refractivity (Wildman–Crippen MR) is 45.5 cm³/mol. The van der Waals surface area contributed by atoms with E-state index in [1.807, 2.05) is 0 Å². The third-order valence-corrected chi connectivity index (χ3v) is 1.32. The zero-order valence-corrected chi connectivity index (χ0v) is 7.19. The summed E-state index contributed by atoms with van der Waals surface area (Å²) in [6.45, 7) is 11.2. The van der Waals surface area contributed by atoms with E-state index >= 15 is 0 Å². The predicted octanol–water partition coefficient (Wildman–Crippen LogP) is 1.45. The van der Waals surface area contributed by atoms with E-state index in [1.165, 1.54) is 12.8 Å². The van der Waals surface area contributed by atoms with Crippen LogP contribution in [0.2, 0.25) is 0 Å². The molecule has 0 amide bonds. The van der Waals surface area contributed by atoms with Crippen molar-refractivity contribution in [2.45, 2.75) is 26.7 Å². The van der Waals surface area contributed by atoms with Gasteiger partial charge in [-0.1, -0.05) is 13.8 Å². The van der Waals surface area contributed by atoms with Gasteiger partial charge in [-0.3, -0.25) is 5.43 Å². The largest absolute Gasteiger partial charge is 0.255 e. The topological polar surface area (TPSA) is 15.3 Å². The van der Waals surface area contributed by atoms with Crippen LogP contribution in [-0.4, -0.2) is 24.6 Å². The molecule has 0 rings (SSSR count). The molecule has 10 heavy (non-hydrogen) atoms. The smallest absolute Gasteiger partial charge is 0.0128 e. The summed E-state index contributed by atoms with van der Waals surface area (Å²) in [5.74, 6) is 0. The molecular formula is C8H19N2. The van der Waals surface area contributed by atoms with Crippen LogP contribution >= 0.6 is 0 Å². The molecule has 0 aliphatic heterocycles. The number of nitrogens with one attached hydrogen (secondary N) is 1. The summed E-state index contributed by atoms with van der Waals surface area (Å²) < 4.78 is 0. The van der Waals surface area contributed by atoms with Crippen molar-refractivity contribution in [1.82, 2.24) is 10.4 Å². The van der Waals surface area contributed by atoms with Crippen molar-refractivity contribution in [2.24, 2.45) is 0 Å². The van der Waals surface area contributed by atoms with Crippen molar-refractivity contribution in [3.63, 3.8) is 0 Å². The molecule has 0 aromatic carbocycles. The van der Waals surface area contributed by atoms with Crippen molar-refractivity contribution in [3.8, 4) is 0 Å². The number of hydrogen-bond donors (Lipinski definition) is 1. The second kappa shape index (κ2) is 7.03. The molecule has 1 N–H and O–H groups in total. The molecule has 2 heteroatoms. The average Bonchev–Trinajstić information content (AvgIpc) is 1.90. The molecule has 0 saturated heterocycles. The third-order valence-electron chi connectivity index (χ3n) is 1.32.